The molecule has 0 bridgehead atoms. The maximum atomic E-state index is 12.3. The molecule has 0 spiro atoms. The predicted molar refractivity (Wildman–Crippen MR) is 71.3 cm³/mol. The first-order chi connectivity index (χ1) is 8.74. The van der Waals surface area contributed by atoms with Crippen LogP contribution >= 0.6 is 0 Å². The third-order valence-electron chi connectivity index (χ3n) is 5.03. The van der Waals surface area contributed by atoms with E-state index in [9.17, 15) is 4.79 Å². The first-order valence-corrected chi connectivity index (χ1v) is 7.52. The highest BCUT2D eigenvalue weighted by molar-refractivity contribution is 5.80. The van der Waals surface area contributed by atoms with Gasteiger partial charge in [-0.25, -0.2) is 0 Å². The van der Waals surface area contributed by atoms with Crippen LogP contribution in [0, 0.1) is 5.92 Å². The van der Waals surface area contributed by atoms with Gasteiger partial charge in [-0.2, -0.15) is 0 Å². The highest BCUT2D eigenvalue weighted by Crippen LogP contribution is 2.27. The van der Waals surface area contributed by atoms with Gasteiger partial charge in [0.05, 0.1) is 5.92 Å². The topological polar surface area (TPSA) is 44.4 Å². The summed E-state index contributed by atoms with van der Waals surface area (Å²) in [7, 11) is 0. The lowest BCUT2D eigenvalue weighted by molar-refractivity contribution is -0.126. The van der Waals surface area contributed by atoms with Crippen LogP contribution in [0.15, 0.2) is 0 Å². The zero-order chi connectivity index (χ0) is 12.5. The van der Waals surface area contributed by atoms with Gasteiger partial charge in [-0.05, 0) is 52.1 Å². The van der Waals surface area contributed by atoms with Gasteiger partial charge in [-0.3, -0.25) is 4.79 Å². The van der Waals surface area contributed by atoms with Crippen LogP contribution in [-0.4, -0.2) is 48.6 Å². The quantitative estimate of drug-likeness (QED) is 0.760. The van der Waals surface area contributed by atoms with Crippen molar-refractivity contribution in [3.05, 3.63) is 0 Å². The fourth-order valence-electron chi connectivity index (χ4n) is 3.88. The van der Waals surface area contributed by atoms with Crippen LogP contribution < -0.4 is 10.6 Å². The van der Waals surface area contributed by atoms with Crippen molar-refractivity contribution in [2.45, 2.75) is 57.2 Å². The van der Waals surface area contributed by atoms with E-state index in [0.29, 0.717) is 12.1 Å². The lowest BCUT2D eigenvalue weighted by atomic mass is 9.95. The molecule has 4 heteroatoms. The molecule has 18 heavy (non-hydrogen) atoms. The van der Waals surface area contributed by atoms with Crippen LogP contribution in [0.4, 0.5) is 0 Å². The van der Waals surface area contributed by atoms with E-state index in [4.69, 9.17) is 0 Å². The predicted octanol–water partition coefficient (Wildman–Crippen LogP) is 0.727. The fraction of sp³-hybridized carbons (Fsp3) is 0.929. The maximum absolute atomic E-state index is 12.3. The summed E-state index contributed by atoms with van der Waals surface area (Å²) >= 11 is 0. The molecule has 0 radical (unpaired) electrons. The molecule has 3 saturated heterocycles. The summed E-state index contributed by atoms with van der Waals surface area (Å²) in [6, 6.07) is 1.50. The molecule has 0 aromatic carbocycles. The number of nitrogens with zero attached hydrogens (tertiary/aromatic N) is 1. The molecule has 3 rings (SSSR count). The van der Waals surface area contributed by atoms with E-state index in [1.807, 2.05) is 0 Å². The minimum Gasteiger partial charge on any atom is -0.353 e. The van der Waals surface area contributed by atoms with Crippen molar-refractivity contribution in [1.82, 2.24) is 15.5 Å². The van der Waals surface area contributed by atoms with Gasteiger partial charge in [0, 0.05) is 24.7 Å². The van der Waals surface area contributed by atoms with Crippen LogP contribution in [0.2, 0.25) is 0 Å². The molecule has 0 saturated carbocycles. The van der Waals surface area contributed by atoms with E-state index in [2.05, 4.69) is 22.5 Å². The highest BCUT2D eigenvalue weighted by atomic mass is 16.2. The third kappa shape index (κ3) is 2.41. The molecule has 4 nitrogen and oxygen atoms in total. The van der Waals surface area contributed by atoms with Crippen LogP contribution in [0.3, 0.4) is 0 Å². The first kappa shape index (κ1) is 12.4. The van der Waals surface area contributed by atoms with Crippen LogP contribution in [0.1, 0.15) is 39.0 Å². The summed E-state index contributed by atoms with van der Waals surface area (Å²) in [4.78, 5) is 14.9. The third-order valence-corrected chi connectivity index (χ3v) is 5.03. The Morgan fingerprint density at radius 3 is 2.94 bits per heavy atom. The van der Waals surface area contributed by atoms with E-state index < -0.39 is 0 Å². The Hall–Kier alpha value is -0.610. The minimum absolute atomic E-state index is 0.187. The molecule has 4 atom stereocenters. The van der Waals surface area contributed by atoms with Crippen molar-refractivity contribution >= 4 is 5.91 Å². The smallest absolute Gasteiger partial charge is 0.224 e. The number of amides is 1. The number of carbonyl (C=O) groups is 1. The van der Waals surface area contributed by atoms with Crippen molar-refractivity contribution < 1.29 is 4.79 Å². The number of rotatable bonds is 2. The summed E-state index contributed by atoms with van der Waals surface area (Å²) < 4.78 is 0. The summed E-state index contributed by atoms with van der Waals surface area (Å²) in [6.07, 6.45) is 5.97. The van der Waals surface area contributed by atoms with Gasteiger partial charge in [0.2, 0.25) is 5.91 Å². The molecule has 3 aliphatic rings. The SMILES string of the molecule is CC1NCCC1C(=O)NC1CCN2CCCC2C1. The summed E-state index contributed by atoms with van der Waals surface area (Å²) in [5, 5.41) is 6.65. The van der Waals surface area contributed by atoms with Gasteiger partial charge in [-0.1, -0.05) is 0 Å². The first-order valence-electron chi connectivity index (χ1n) is 7.52. The monoisotopic (exact) mass is 251 g/mol. The molecule has 0 aliphatic carbocycles. The second-order valence-electron chi connectivity index (χ2n) is 6.20. The van der Waals surface area contributed by atoms with Crippen molar-refractivity contribution in [1.29, 1.82) is 0 Å². The number of fused-ring (bicyclic) bond motifs is 1. The van der Waals surface area contributed by atoms with Crippen LogP contribution in [0.25, 0.3) is 0 Å². The molecule has 3 heterocycles. The van der Waals surface area contributed by atoms with Crippen molar-refractivity contribution in [2.75, 3.05) is 19.6 Å². The average molecular weight is 251 g/mol. The Balaban J connectivity index is 1.52. The van der Waals surface area contributed by atoms with E-state index >= 15 is 0 Å². The van der Waals surface area contributed by atoms with Gasteiger partial charge < -0.3 is 15.5 Å². The van der Waals surface area contributed by atoms with Crippen molar-refractivity contribution in [3.8, 4) is 0 Å². The van der Waals surface area contributed by atoms with E-state index in [0.717, 1.165) is 25.4 Å². The van der Waals surface area contributed by atoms with Gasteiger partial charge in [0.15, 0.2) is 0 Å². The molecular weight excluding hydrogens is 226 g/mol. The van der Waals surface area contributed by atoms with Gasteiger partial charge in [0.25, 0.3) is 0 Å². The van der Waals surface area contributed by atoms with Crippen molar-refractivity contribution in [2.24, 2.45) is 5.92 Å². The largest absolute Gasteiger partial charge is 0.353 e. The average Bonchev–Trinajstić information content (AvgIpc) is 2.96. The Morgan fingerprint density at radius 2 is 2.17 bits per heavy atom. The Labute approximate surface area is 109 Å². The fourth-order valence-corrected chi connectivity index (χ4v) is 3.88. The van der Waals surface area contributed by atoms with Crippen molar-refractivity contribution in [3.63, 3.8) is 0 Å². The molecule has 1 amide bonds. The number of nitrogens with one attached hydrogen (secondary N) is 2. The second kappa shape index (κ2) is 5.17. The number of piperidine rings is 1. The lowest BCUT2D eigenvalue weighted by Gasteiger charge is -2.35. The highest BCUT2D eigenvalue weighted by Gasteiger charge is 2.35. The van der Waals surface area contributed by atoms with Crippen LogP contribution in [-0.2, 0) is 4.79 Å². The Kier molecular flexibility index (Phi) is 3.57. The normalized spacial score (nSPS) is 40.7. The van der Waals surface area contributed by atoms with Crippen LogP contribution in [0.5, 0.6) is 0 Å². The zero-order valence-electron chi connectivity index (χ0n) is 11.3. The van der Waals surface area contributed by atoms with E-state index in [1.165, 1.54) is 32.4 Å². The Morgan fingerprint density at radius 1 is 1.28 bits per heavy atom. The van der Waals surface area contributed by atoms with E-state index in [1.54, 1.807) is 0 Å². The van der Waals surface area contributed by atoms with Gasteiger partial charge in [-0.15, -0.1) is 0 Å². The number of hydrogen-bond donors (Lipinski definition) is 2. The standard InChI is InChI=1S/C14H25N3O/c1-10-13(4-6-15-10)14(18)16-11-5-8-17-7-2-3-12(17)9-11/h10-13,15H,2-9H2,1H3,(H,16,18). The second-order valence-corrected chi connectivity index (χ2v) is 6.20. The van der Waals surface area contributed by atoms with E-state index in [-0.39, 0.29) is 11.8 Å². The number of hydrogen-bond acceptors (Lipinski definition) is 3. The lowest BCUT2D eigenvalue weighted by Crippen LogP contribution is -2.49. The molecular formula is C14H25N3O. The summed E-state index contributed by atoms with van der Waals surface area (Å²) in [5.74, 6) is 0.468. The molecule has 0 aromatic heterocycles. The molecule has 102 valence electrons. The Bertz CT molecular complexity index is 320. The summed E-state index contributed by atoms with van der Waals surface area (Å²) in [5.41, 5.74) is 0. The molecule has 4 unspecified atom stereocenters. The summed E-state index contributed by atoms with van der Waals surface area (Å²) in [6.45, 7) is 5.56. The molecule has 2 N–H and O–H groups in total. The molecule has 3 fully saturated rings. The molecule has 3 aliphatic heterocycles. The van der Waals surface area contributed by atoms with Gasteiger partial charge >= 0.3 is 0 Å². The zero-order valence-corrected chi connectivity index (χ0v) is 11.3. The number of carbonyl (C=O) groups excluding carboxylic acids is 1. The maximum Gasteiger partial charge on any atom is 0.224 e. The minimum atomic E-state index is 0.187. The molecule has 0 aromatic rings. The van der Waals surface area contributed by atoms with Gasteiger partial charge in [0.1, 0.15) is 0 Å².